The minimum atomic E-state index is -0.384. The first-order chi connectivity index (χ1) is 14.2. The fraction of sp³-hybridized carbons (Fsp3) is 0.455. The van der Waals surface area contributed by atoms with Gasteiger partial charge in [-0.05, 0) is 31.4 Å². The van der Waals surface area contributed by atoms with Crippen LogP contribution in [0.4, 0.5) is 4.79 Å². The summed E-state index contributed by atoms with van der Waals surface area (Å²) in [5, 5.41) is 0.999. The predicted octanol–water partition coefficient (Wildman–Crippen LogP) is 3.05. The van der Waals surface area contributed by atoms with Crippen LogP contribution in [-0.2, 0) is 14.3 Å². The lowest BCUT2D eigenvalue weighted by Crippen LogP contribution is -2.54. The number of fused-ring (bicyclic) bond motifs is 3. The van der Waals surface area contributed by atoms with Gasteiger partial charge in [0.25, 0.3) is 0 Å². The van der Waals surface area contributed by atoms with Gasteiger partial charge in [-0.2, -0.15) is 0 Å². The van der Waals surface area contributed by atoms with Gasteiger partial charge in [0.05, 0.1) is 31.9 Å². The van der Waals surface area contributed by atoms with E-state index in [0.29, 0.717) is 44.1 Å². The molecule has 0 aliphatic carbocycles. The van der Waals surface area contributed by atoms with Crippen LogP contribution in [0.2, 0.25) is 0 Å². The number of hydrogen-bond acceptors (Lipinski definition) is 5. The van der Waals surface area contributed by atoms with Crippen LogP contribution in [0.1, 0.15) is 25.0 Å². The van der Waals surface area contributed by atoms with Gasteiger partial charge in [-0.1, -0.05) is 18.2 Å². The van der Waals surface area contributed by atoms with Crippen LogP contribution < -0.4 is 0 Å². The summed E-state index contributed by atoms with van der Waals surface area (Å²) in [6, 6.07) is 9.56. The number of methoxy groups -OCH3 is 1. The van der Waals surface area contributed by atoms with E-state index in [1.165, 1.54) is 7.11 Å². The second-order valence-electron chi connectivity index (χ2n) is 7.77. The van der Waals surface area contributed by atoms with Crippen LogP contribution in [-0.4, -0.2) is 67.3 Å². The number of benzene rings is 1. The molecule has 2 bridgehead atoms. The van der Waals surface area contributed by atoms with Crippen molar-refractivity contribution in [1.29, 1.82) is 0 Å². The summed E-state index contributed by atoms with van der Waals surface area (Å²) in [6.45, 7) is 2.28. The third-order valence-electron chi connectivity index (χ3n) is 6.23. The van der Waals surface area contributed by atoms with Crippen molar-refractivity contribution in [3.05, 3.63) is 41.7 Å². The number of carbonyl (C=O) groups is 2. The largest absolute Gasteiger partial charge is 0.466 e. The minimum absolute atomic E-state index is 0.00846. The molecule has 29 heavy (non-hydrogen) atoms. The minimum Gasteiger partial charge on any atom is -0.466 e. The molecule has 0 unspecified atom stereocenters. The summed E-state index contributed by atoms with van der Waals surface area (Å²) in [6.07, 6.45) is 2.22. The van der Waals surface area contributed by atoms with Gasteiger partial charge in [0, 0.05) is 30.1 Å². The second kappa shape index (κ2) is 7.22. The molecule has 2 atom stereocenters. The molecule has 7 nitrogen and oxygen atoms in total. The summed E-state index contributed by atoms with van der Waals surface area (Å²) >= 11 is 0. The number of hydrogen-bond donors (Lipinski definition) is 0. The maximum Gasteiger partial charge on any atom is 0.336 e. The number of esters is 1. The Kier molecular flexibility index (Phi) is 4.54. The van der Waals surface area contributed by atoms with Gasteiger partial charge in [-0.3, -0.25) is 0 Å². The van der Waals surface area contributed by atoms with E-state index in [9.17, 15) is 9.59 Å². The van der Waals surface area contributed by atoms with E-state index in [1.807, 2.05) is 40.1 Å². The Balaban J connectivity index is 1.55. The second-order valence-corrected chi connectivity index (χ2v) is 7.77. The maximum absolute atomic E-state index is 13.3. The summed E-state index contributed by atoms with van der Waals surface area (Å²) in [5.74, 6) is 0.313. The highest BCUT2D eigenvalue weighted by Gasteiger charge is 2.48. The lowest BCUT2D eigenvalue weighted by molar-refractivity contribution is -0.136. The molecule has 2 fully saturated rings. The number of ether oxygens (including phenoxy) is 2. The van der Waals surface area contributed by atoms with Crippen LogP contribution in [0.15, 0.2) is 40.3 Å². The zero-order chi connectivity index (χ0) is 20.0. The van der Waals surface area contributed by atoms with Crippen LogP contribution in [0.25, 0.3) is 16.5 Å². The normalized spacial score (nSPS) is 24.3. The lowest BCUT2D eigenvalue weighted by Gasteiger charge is -2.40. The average molecular weight is 396 g/mol. The summed E-state index contributed by atoms with van der Waals surface area (Å²) < 4.78 is 16.6. The Labute approximate surface area is 168 Å². The molecule has 4 heterocycles. The van der Waals surface area contributed by atoms with E-state index in [2.05, 4.69) is 0 Å². The van der Waals surface area contributed by atoms with Crippen molar-refractivity contribution in [2.45, 2.75) is 31.3 Å². The van der Waals surface area contributed by atoms with E-state index in [-0.39, 0.29) is 24.1 Å². The Morgan fingerprint density at radius 2 is 1.93 bits per heavy atom. The van der Waals surface area contributed by atoms with Crippen molar-refractivity contribution in [2.75, 3.05) is 33.4 Å². The molecule has 2 amide bonds. The molecule has 5 rings (SSSR count). The van der Waals surface area contributed by atoms with Gasteiger partial charge in [0.2, 0.25) is 0 Å². The quantitative estimate of drug-likeness (QED) is 0.730. The van der Waals surface area contributed by atoms with E-state index >= 15 is 0 Å². The summed E-state index contributed by atoms with van der Waals surface area (Å²) in [5.41, 5.74) is 2.21. The number of morpholine rings is 1. The number of furan rings is 1. The SMILES string of the molecule is COC(=O)C1=C(c2cc3ccccc3o2)C[C@@H]2CC[C@H]1N2C(=O)N1CCOCC1. The van der Waals surface area contributed by atoms with Gasteiger partial charge in [0.15, 0.2) is 0 Å². The van der Waals surface area contributed by atoms with E-state index < -0.39 is 0 Å². The molecule has 152 valence electrons. The highest BCUT2D eigenvalue weighted by atomic mass is 16.5. The third-order valence-corrected chi connectivity index (χ3v) is 6.23. The van der Waals surface area contributed by atoms with Crippen LogP contribution >= 0.6 is 0 Å². The molecule has 2 saturated heterocycles. The highest BCUT2D eigenvalue weighted by molar-refractivity contribution is 6.01. The van der Waals surface area contributed by atoms with E-state index in [1.54, 1.807) is 0 Å². The molecule has 0 radical (unpaired) electrons. The Morgan fingerprint density at radius 3 is 2.69 bits per heavy atom. The predicted molar refractivity (Wildman–Crippen MR) is 106 cm³/mol. The molecular formula is C22H24N2O5. The van der Waals surface area contributed by atoms with Crippen LogP contribution in [0, 0.1) is 0 Å². The molecule has 0 spiro atoms. The fourth-order valence-corrected chi connectivity index (χ4v) is 4.85. The van der Waals surface area contributed by atoms with Gasteiger partial charge in [-0.25, -0.2) is 9.59 Å². The number of rotatable bonds is 2. The number of carbonyl (C=O) groups excluding carboxylic acids is 2. The molecular weight excluding hydrogens is 372 g/mol. The van der Waals surface area contributed by atoms with Crippen molar-refractivity contribution in [3.63, 3.8) is 0 Å². The Hall–Kier alpha value is -2.80. The Bertz CT molecular complexity index is 955. The molecule has 2 aromatic rings. The fourth-order valence-electron chi connectivity index (χ4n) is 4.85. The van der Waals surface area contributed by atoms with Crippen molar-refractivity contribution in [1.82, 2.24) is 9.80 Å². The summed E-state index contributed by atoms with van der Waals surface area (Å²) in [7, 11) is 1.39. The first-order valence-electron chi connectivity index (χ1n) is 10.1. The monoisotopic (exact) mass is 396 g/mol. The zero-order valence-corrected chi connectivity index (χ0v) is 16.4. The first kappa shape index (κ1) is 18.2. The lowest BCUT2D eigenvalue weighted by atomic mass is 9.91. The van der Waals surface area contributed by atoms with Gasteiger partial charge in [-0.15, -0.1) is 0 Å². The van der Waals surface area contributed by atoms with Gasteiger partial charge < -0.3 is 23.7 Å². The Morgan fingerprint density at radius 1 is 1.14 bits per heavy atom. The molecule has 0 N–H and O–H groups in total. The van der Waals surface area contributed by atoms with Gasteiger partial charge >= 0.3 is 12.0 Å². The standard InChI is InChI=1S/C22H24N2O5/c1-27-21(25)20-16(19-12-14-4-2-3-5-18(14)29-19)13-15-6-7-17(20)24(15)22(26)23-8-10-28-11-9-23/h2-5,12,15,17H,6-11,13H2,1H3/t15-,17+/m0/s1. The van der Waals surface area contributed by atoms with Crippen molar-refractivity contribution >= 4 is 28.5 Å². The topological polar surface area (TPSA) is 72.2 Å². The first-order valence-corrected chi connectivity index (χ1v) is 10.1. The van der Waals surface area contributed by atoms with Crippen LogP contribution in [0.3, 0.4) is 0 Å². The number of nitrogens with zero attached hydrogens (tertiary/aromatic N) is 2. The number of para-hydroxylation sites is 1. The van der Waals surface area contributed by atoms with E-state index in [0.717, 1.165) is 29.4 Å². The highest BCUT2D eigenvalue weighted by Crippen LogP contribution is 2.44. The van der Waals surface area contributed by atoms with Crippen LogP contribution in [0.5, 0.6) is 0 Å². The van der Waals surface area contributed by atoms with Gasteiger partial charge in [0.1, 0.15) is 11.3 Å². The average Bonchev–Trinajstić information content (AvgIpc) is 3.33. The van der Waals surface area contributed by atoms with E-state index in [4.69, 9.17) is 13.9 Å². The van der Waals surface area contributed by atoms with Crippen molar-refractivity contribution < 1.29 is 23.5 Å². The summed E-state index contributed by atoms with van der Waals surface area (Å²) in [4.78, 5) is 29.8. The van der Waals surface area contributed by atoms with Crippen molar-refractivity contribution in [2.24, 2.45) is 0 Å². The number of urea groups is 1. The smallest absolute Gasteiger partial charge is 0.336 e. The van der Waals surface area contributed by atoms with Crippen molar-refractivity contribution in [3.8, 4) is 0 Å². The maximum atomic E-state index is 13.3. The molecule has 1 aromatic heterocycles. The third kappa shape index (κ3) is 3.00. The molecule has 3 aliphatic rings. The number of amides is 2. The molecule has 3 aliphatic heterocycles. The zero-order valence-electron chi connectivity index (χ0n) is 16.4. The molecule has 1 aromatic carbocycles. The molecule has 7 heteroatoms. The molecule has 0 saturated carbocycles.